The molecule has 0 N–H and O–H groups in total. The Morgan fingerprint density at radius 2 is 2.18 bits per heavy atom. The van der Waals surface area contributed by atoms with E-state index in [1.54, 1.807) is 0 Å². The van der Waals surface area contributed by atoms with Crippen LogP contribution in [0, 0.1) is 0 Å². The Bertz CT molecular complexity index is 235. The van der Waals surface area contributed by atoms with Gasteiger partial charge in [0.1, 0.15) is 0 Å². The van der Waals surface area contributed by atoms with Gasteiger partial charge >= 0.3 is 16.6 Å². The van der Waals surface area contributed by atoms with E-state index >= 15 is 0 Å². The van der Waals surface area contributed by atoms with E-state index in [0.717, 1.165) is 6.42 Å². The van der Waals surface area contributed by atoms with E-state index < -0.39 is 16.6 Å². The SMILES string of the molecule is CCCCOC(=O)N=S(=O)=O. The minimum atomic E-state index is -2.70. The van der Waals surface area contributed by atoms with Crippen molar-refractivity contribution < 1.29 is 17.9 Å². The molecule has 0 radical (unpaired) electrons. The van der Waals surface area contributed by atoms with Crippen LogP contribution in [0.3, 0.4) is 0 Å². The zero-order valence-electron chi connectivity index (χ0n) is 6.11. The van der Waals surface area contributed by atoms with Gasteiger partial charge in [0, 0.05) is 0 Å². The first-order chi connectivity index (χ1) is 5.16. The number of hydrogen-bond acceptors (Lipinski definition) is 4. The Labute approximate surface area is 66.1 Å². The monoisotopic (exact) mass is 179 g/mol. The Kier molecular flexibility index (Phi) is 5.36. The molecular weight excluding hydrogens is 170 g/mol. The van der Waals surface area contributed by atoms with E-state index in [0.29, 0.717) is 6.42 Å². The molecule has 0 aliphatic heterocycles. The molecule has 0 atom stereocenters. The number of carbonyl (C=O) groups excluding carboxylic acids is 1. The molecule has 5 nitrogen and oxygen atoms in total. The van der Waals surface area contributed by atoms with Crippen LogP contribution < -0.4 is 0 Å². The number of hydrogen-bond donors (Lipinski definition) is 0. The maximum absolute atomic E-state index is 10.3. The quantitative estimate of drug-likeness (QED) is 0.605. The molecule has 0 aliphatic carbocycles. The molecule has 0 unspecified atom stereocenters. The molecule has 1 amide bonds. The summed E-state index contributed by atoms with van der Waals surface area (Å²) >= 11 is 0. The first kappa shape index (κ1) is 10.1. The molecule has 0 spiro atoms. The summed E-state index contributed by atoms with van der Waals surface area (Å²) in [6, 6.07) is 0. The first-order valence-corrected chi connectivity index (χ1v) is 4.18. The fourth-order valence-corrected chi connectivity index (χ4v) is 0.565. The van der Waals surface area contributed by atoms with Crippen molar-refractivity contribution in [1.82, 2.24) is 0 Å². The van der Waals surface area contributed by atoms with Crippen LogP contribution in [-0.4, -0.2) is 21.1 Å². The van der Waals surface area contributed by atoms with Gasteiger partial charge < -0.3 is 4.74 Å². The van der Waals surface area contributed by atoms with Gasteiger partial charge in [-0.25, -0.2) is 4.79 Å². The lowest BCUT2D eigenvalue weighted by Crippen LogP contribution is -1.99. The van der Waals surface area contributed by atoms with Crippen molar-refractivity contribution in [3.8, 4) is 0 Å². The molecule has 0 aromatic heterocycles. The van der Waals surface area contributed by atoms with Crippen LogP contribution in [-0.2, 0) is 15.2 Å². The Balaban J connectivity index is 3.63. The summed E-state index contributed by atoms with van der Waals surface area (Å²) < 4.78 is 26.5. The largest absolute Gasteiger partial charge is 0.448 e. The normalized spacial score (nSPS) is 8.82. The molecule has 0 bridgehead atoms. The summed E-state index contributed by atoms with van der Waals surface area (Å²) in [6.45, 7) is 2.15. The summed E-state index contributed by atoms with van der Waals surface area (Å²) in [5.41, 5.74) is 0. The second kappa shape index (κ2) is 5.84. The van der Waals surface area contributed by atoms with Gasteiger partial charge in [-0.3, -0.25) is 0 Å². The van der Waals surface area contributed by atoms with Gasteiger partial charge in [0.05, 0.1) is 6.61 Å². The number of nitrogens with zero attached hydrogens (tertiary/aromatic N) is 1. The Hall–Kier alpha value is -0.910. The molecule has 0 aromatic carbocycles. The van der Waals surface area contributed by atoms with Crippen LogP contribution in [0.2, 0.25) is 0 Å². The average Bonchev–Trinajstić information content (AvgIpc) is 1.86. The number of amides is 1. The Morgan fingerprint density at radius 1 is 1.55 bits per heavy atom. The van der Waals surface area contributed by atoms with Crippen molar-refractivity contribution in [3.05, 3.63) is 0 Å². The molecule has 0 saturated heterocycles. The molecule has 64 valence electrons. The summed E-state index contributed by atoms with van der Waals surface area (Å²) in [5.74, 6) is 0. The van der Waals surface area contributed by atoms with Crippen molar-refractivity contribution in [2.75, 3.05) is 6.61 Å². The highest BCUT2D eigenvalue weighted by Crippen LogP contribution is 1.89. The van der Waals surface area contributed by atoms with E-state index in [1.807, 2.05) is 6.92 Å². The van der Waals surface area contributed by atoms with E-state index in [2.05, 4.69) is 9.10 Å². The van der Waals surface area contributed by atoms with E-state index in [-0.39, 0.29) is 6.61 Å². The minimum absolute atomic E-state index is 0.218. The molecule has 0 heterocycles. The fourth-order valence-electron chi connectivity index (χ4n) is 0.391. The molecule has 11 heavy (non-hydrogen) atoms. The van der Waals surface area contributed by atoms with Gasteiger partial charge in [0.2, 0.25) is 0 Å². The van der Waals surface area contributed by atoms with Crippen molar-refractivity contribution >= 4 is 16.6 Å². The fraction of sp³-hybridized carbons (Fsp3) is 0.800. The summed E-state index contributed by atoms with van der Waals surface area (Å²) in [5, 5.41) is 0. The molecule has 0 aliphatic rings. The number of rotatable bonds is 3. The van der Waals surface area contributed by atoms with Gasteiger partial charge in [0.15, 0.2) is 0 Å². The zero-order chi connectivity index (χ0) is 8.69. The first-order valence-electron chi connectivity index (χ1n) is 3.14. The summed E-state index contributed by atoms with van der Waals surface area (Å²) in [6.07, 6.45) is 0.548. The smallest absolute Gasteiger partial charge is 0.447 e. The van der Waals surface area contributed by atoms with Gasteiger partial charge in [-0.05, 0) is 6.42 Å². The molecule has 6 heteroatoms. The molecule has 0 aromatic rings. The zero-order valence-corrected chi connectivity index (χ0v) is 6.93. The van der Waals surface area contributed by atoms with E-state index in [1.165, 1.54) is 0 Å². The Morgan fingerprint density at radius 3 is 2.64 bits per heavy atom. The third-order valence-corrected chi connectivity index (χ3v) is 1.17. The number of carbonyl (C=O) groups is 1. The van der Waals surface area contributed by atoms with Crippen LogP contribution in [0.5, 0.6) is 0 Å². The van der Waals surface area contributed by atoms with Gasteiger partial charge in [-0.1, -0.05) is 17.7 Å². The lowest BCUT2D eigenvalue weighted by Gasteiger charge is -1.95. The molecule has 0 saturated carbocycles. The number of unbranched alkanes of at least 4 members (excludes halogenated alkanes) is 1. The third kappa shape index (κ3) is 6.98. The van der Waals surface area contributed by atoms with Crippen molar-refractivity contribution in [3.63, 3.8) is 0 Å². The maximum atomic E-state index is 10.3. The van der Waals surface area contributed by atoms with E-state index in [4.69, 9.17) is 0 Å². The predicted octanol–water partition coefficient (Wildman–Crippen LogP) is 0.986. The second-order valence-electron chi connectivity index (χ2n) is 1.78. The van der Waals surface area contributed by atoms with Crippen LogP contribution in [0.25, 0.3) is 0 Å². The lowest BCUT2D eigenvalue weighted by atomic mass is 10.4. The van der Waals surface area contributed by atoms with Gasteiger partial charge in [-0.2, -0.15) is 8.42 Å². The molecule has 0 rings (SSSR count). The van der Waals surface area contributed by atoms with Crippen LogP contribution >= 0.6 is 0 Å². The third-order valence-electron chi connectivity index (χ3n) is 0.872. The maximum Gasteiger partial charge on any atom is 0.448 e. The van der Waals surface area contributed by atoms with Gasteiger partial charge in [0.25, 0.3) is 0 Å². The minimum Gasteiger partial charge on any atom is -0.447 e. The average molecular weight is 179 g/mol. The summed E-state index contributed by atoms with van der Waals surface area (Å²) in [7, 11) is -2.70. The summed E-state index contributed by atoms with van der Waals surface area (Å²) in [4.78, 5) is 10.3. The highest BCUT2D eigenvalue weighted by Gasteiger charge is 1.97. The molecule has 0 fully saturated rings. The molecular formula is C5H9NO4S. The topological polar surface area (TPSA) is 72.8 Å². The number of ether oxygens (including phenoxy) is 1. The lowest BCUT2D eigenvalue weighted by molar-refractivity contribution is 0.156. The highest BCUT2D eigenvalue weighted by atomic mass is 32.2. The predicted molar refractivity (Wildman–Crippen MR) is 37.6 cm³/mol. The van der Waals surface area contributed by atoms with Crippen LogP contribution in [0.15, 0.2) is 4.36 Å². The van der Waals surface area contributed by atoms with Crippen molar-refractivity contribution in [2.24, 2.45) is 4.36 Å². The van der Waals surface area contributed by atoms with E-state index in [9.17, 15) is 13.2 Å². The van der Waals surface area contributed by atoms with Crippen molar-refractivity contribution in [1.29, 1.82) is 0 Å². The van der Waals surface area contributed by atoms with Gasteiger partial charge in [-0.15, -0.1) is 0 Å². The van der Waals surface area contributed by atoms with Crippen LogP contribution in [0.1, 0.15) is 19.8 Å². The highest BCUT2D eigenvalue weighted by molar-refractivity contribution is 7.62. The van der Waals surface area contributed by atoms with Crippen LogP contribution in [0.4, 0.5) is 4.79 Å². The van der Waals surface area contributed by atoms with Crippen molar-refractivity contribution in [2.45, 2.75) is 19.8 Å². The second-order valence-corrected chi connectivity index (χ2v) is 2.39. The standard InChI is InChI=1S/C5H9NO4S/c1-2-3-4-10-5(7)6-11(8)9/h2-4H2,1H3.